The van der Waals surface area contributed by atoms with Gasteiger partial charge in [0.2, 0.25) is 5.95 Å². The number of nitrogens with one attached hydrogen (secondary N) is 1. The summed E-state index contributed by atoms with van der Waals surface area (Å²) in [7, 11) is 2.07. The number of halogens is 1. The number of likely N-dealkylation sites (N-methyl/N-ethyl adjacent to an activating group) is 2. The summed E-state index contributed by atoms with van der Waals surface area (Å²) in [5.74, 6) is 0.819. The van der Waals surface area contributed by atoms with E-state index in [4.69, 9.17) is 20.1 Å². The van der Waals surface area contributed by atoms with Crippen LogP contribution in [0, 0.1) is 35.5 Å². The number of ether oxygens (including phenoxy) is 1. The molecular weight excluding hydrogens is 529 g/mol. The van der Waals surface area contributed by atoms with Crippen LogP contribution in [0.5, 0.6) is 0 Å². The van der Waals surface area contributed by atoms with E-state index in [2.05, 4.69) is 36.8 Å². The number of fused-ring (bicyclic) bond motifs is 1. The van der Waals surface area contributed by atoms with Crippen LogP contribution < -0.4 is 9.80 Å². The molecule has 0 fully saturated rings. The summed E-state index contributed by atoms with van der Waals surface area (Å²) in [6.45, 7) is 10.6. The molecule has 0 spiro atoms. The van der Waals surface area contributed by atoms with E-state index >= 15 is 0 Å². The van der Waals surface area contributed by atoms with Crippen molar-refractivity contribution < 1.29 is 9.13 Å². The Morgan fingerprint density at radius 2 is 2.00 bits per heavy atom. The molecule has 2 aromatic rings. The van der Waals surface area contributed by atoms with Crippen LogP contribution in [0.4, 0.5) is 21.7 Å². The van der Waals surface area contributed by atoms with Crippen molar-refractivity contribution in [3.8, 4) is 6.07 Å². The van der Waals surface area contributed by atoms with E-state index in [0.717, 1.165) is 62.4 Å². The molecule has 1 aromatic heterocycles. The maximum absolute atomic E-state index is 14.4. The van der Waals surface area contributed by atoms with Crippen LogP contribution in [0.1, 0.15) is 49.9 Å². The first-order valence-electron chi connectivity index (χ1n) is 14.9. The Hall–Kier alpha value is -4.03. The minimum atomic E-state index is -0.305. The number of aromatic nitrogens is 2. The van der Waals surface area contributed by atoms with Crippen LogP contribution in [0.2, 0.25) is 0 Å². The number of nitrogens with zero attached hydrogens (tertiary/aromatic N) is 6. The summed E-state index contributed by atoms with van der Waals surface area (Å²) in [5.41, 5.74) is 3.94. The Labute approximate surface area is 249 Å². The highest BCUT2D eigenvalue weighted by Gasteiger charge is 2.26. The van der Waals surface area contributed by atoms with Gasteiger partial charge in [-0.25, -0.2) is 14.4 Å². The molecule has 2 heterocycles. The van der Waals surface area contributed by atoms with Crippen molar-refractivity contribution in [2.75, 3.05) is 49.6 Å². The number of allylic oxidation sites excluding steroid dienone is 5. The standard InChI is InChI=1S/C33H42FN7O/c1-5-40(6-2)15-14-39(4)32-22-37-33(41(23-36)31-17-25(21-35)11-10-24(31)3)38-30(32)19-26-9-7-8-16-42-29-18-27(26)12-13-28(34)20-29/h10-13,17-18,20,22-23,26-27,36H,5-9,14-16,19H2,1-4H3/t26-,27?/m0/s1. The van der Waals surface area contributed by atoms with Gasteiger partial charge >= 0.3 is 0 Å². The topological polar surface area (TPSA) is 92.4 Å². The third kappa shape index (κ3) is 7.62. The lowest BCUT2D eigenvalue weighted by atomic mass is 9.83. The van der Waals surface area contributed by atoms with Crippen LogP contribution in [-0.4, -0.2) is 61.0 Å². The number of aryl methyl sites for hydroxylation is 1. The molecule has 1 aromatic carbocycles. The number of rotatable bonds is 11. The number of hydrogen-bond acceptors (Lipinski definition) is 7. The zero-order chi connectivity index (χ0) is 30.1. The van der Waals surface area contributed by atoms with Crippen molar-refractivity contribution in [3.05, 3.63) is 77.1 Å². The zero-order valence-electron chi connectivity index (χ0n) is 25.2. The molecule has 2 atom stereocenters. The van der Waals surface area contributed by atoms with Crippen LogP contribution in [0.15, 0.2) is 60.3 Å². The highest BCUT2D eigenvalue weighted by Crippen LogP contribution is 2.34. The largest absolute Gasteiger partial charge is 0.494 e. The smallest absolute Gasteiger partial charge is 0.235 e. The normalized spacial score (nSPS) is 18.4. The highest BCUT2D eigenvalue weighted by molar-refractivity contribution is 5.87. The third-order valence-electron chi connectivity index (χ3n) is 8.18. The quantitative estimate of drug-likeness (QED) is 0.244. The van der Waals surface area contributed by atoms with Gasteiger partial charge in [-0.3, -0.25) is 10.3 Å². The van der Waals surface area contributed by atoms with Crippen molar-refractivity contribution in [2.24, 2.45) is 11.8 Å². The van der Waals surface area contributed by atoms with Gasteiger partial charge in [0.1, 0.15) is 11.6 Å². The molecule has 0 saturated heterocycles. The molecule has 2 aliphatic rings. The second-order valence-corrected chi connectivity index (χ2v) is 10.9. The van der Waals surface area contributed by atoms with Gasteiger partial charge in [0.15, 0.2) is 0 Å². The van der Waals surface area contributed by atoms with Gasteiger partial charge in [-0.2, -0.15) is 5.26 Å². The maximum atomic E-state index is 14.4. The summed E-state index contributed by atoms with van der Waals surface area (Å²) in [4.78, 5) is 16.0. The zero-order valence-corrected chi connectivity index (χ0v) is 25.2. The molecule has 1 aliphatic heterocycles. The van der Waals surface area contributed by atoms with Gasteiger partial charge in [0.25, 0.3) is 0 Å². The maximum Gasteiger partial charge on any atom is 0.235 e. The van der Waals surface area contributed by atoms with E-state index in [0.29, 0.717) is 36.0 Å². The Bertz CT molecular complexity index is 1370. The van der Waals surface area contributed by atoms with Crippen LogP contribution in [0.3, 0.4) is 0 Å². The minimum Gasteiger partial charge on any atom is -0.494 e. The average molecular weight is 572 g/mol. The van der Waals surface area contributed by atoms with Crippen molar-refractivity contribution in [2.45, 2.75) is 46.5 Å². The van der Waals surface area contributed by atoms with E-state index in [1.54, 1.807) is 17.0 Å². The molecule has 1 aliphatic carbocycles. The lowest BCUT2D eigenvalue weighted by Crippen LogP contribution is -2.34. The third-order valence-corrected chi connectivity index (χ3v) is 8.18. The van der Waals surface area contributed by atoms with E-state index < -0.39 is 0 Å². The SMILES string of the molecule is CCN(CC)CCN(C)c1cnc(N(C=N)c2cc(C#N)ccc2C)nc1C[C@@H]1CCCCOC2=CC1C=CC(F)=C2. The molecule has 0 radical (unpaired) electrons. The van der Waals surface area contributed by atoms with Gasteiger partial charge < -0.3 is 14.5 Å². The Morgan fingerprint density at radius 1 is 1.19 bits per heavy atom. The molecular formula is C33H42FN7O. The van der Waals surface area contributed by atoms with Crippen LogP contribution >= 0.6 is 0 Å². The molecule has 2 bridgehead atoms. The Balaban J connectivity index is 1.74. The van der Waals surface area contributed by atoms with E-state index in [1.165, 1.54) is 18.5 Å². The fourth-order valence-corrected chi connectivity index (χ4v) is 5.55. The average Bonchev–Trinajstić information content (AvgIpc) is 3.12. The first kappa shape index (κ1) is 30.9. The molecule has 9 heteroatoms. The van der Waals surface area contributed by atoms with Crippen molar-refractivity contribution >= 4 is 23.7 Å². The second-order valence-electron chi connectivity index (χ2n) is 10.9. The van der Waals surface area contributed by atoms with E-state index in [1.807, 2.05) is 31.3 Å². The lowest BCUT2D eigenvalue weighted by Gasteiger charge is -2.29. The molecule has 0 amide bonds. The first-order valence-corrected chi connectivity index (χ1v) is 14.9. The monoisotopic (exact) mass is 571 g/mol. The van der Waals surface area contributed by atoms with E-state index in [9.17, 15) is 9.65 Å². The van der Waals surface area contributed by atoms with Gasteiger partial charge in [-0.05, 0) is 81.5 Å². The molecule has 1 N–H and O–H groups in total. The predicted octanol–water partition coefficient (Wildman–Crippen LogP) is 6.46. The fourth-order valence-electron chi connectivity index (χ4n) is 5.55. The Morgan fingerprint density at radius 3 is 2.74 bits per heavy atom. The summed E-state index contributed by atoms with van der Waals surface area (Å²) in [5, 5.41) is 17.7. The number of benzene rings is 1. The van der Waals surface area contributed by atoms with Crippen molar-refractivity contribution in [1.82, 2.24) is 14.9 Å². The second kappa shape index (κ2) is 14.7. The molecule has 42 heavy (non-hydrogen) atoms. The number of hydrogen-bond donors (Lipinski definition) is 1. The summed E-state index contributed by atoms with van der Waals surface area (Å²) >= 11 is 0. The molecule has 4 rings (SSSR count). The summed E-state index contributed by atoms with van der Waals surface area (Å²) in [6.07, 6.45) is 13.5. The van der Waals surface area contributed by atoms with Crippen LogP contribution in [-0.2, 0) is 11.2 Å². The minimum absolute atomic E-state index is 0.0109. The summed E-state index contributed by atoms with van der Waals surface area (Å²) < 4.78 is 20.3. The molecule has 0 saturated carbocycles. The Kier molecular flexibility index (Phi) is 10.8. The first-order chi connectivity index (χ1) is 20.4. The van der Waals surface area contributed by atoms with Gasteiger partial charge in [0.05, 0.1) is 47.8 Å². The molecule has 8 nitrogen and oxygen atoms in total. The molecule has 1 unspecified atom stereocenters. The van der Waals surface area contributed by atoms with Gasteiger partial charge in [0, 0.05) is 32.1 Å². The predicted molar refractivity (Wildman–Crippen MR) is 167 cm³/mol. The summed E-state index contributed by atoms with van der Waals surface area (Å²) in [6, 6.07) is 7.58. The molecule has 222 valence electrons. The van der Waals surface area contributed by atoms with Crippen molar-refractivity contribution in [1.29, 1.82) is 10.7 Å². The number of anilines is 3. The van der Waals surface area contributed by atoms with Crippen LogP contribution in [0.25, 0.3) is 0 Å². The van der Waals surface area contributed by atoms with E-state index in [-0.39, 0.29) is 17.7 Å². The fraction of sp³-hybridized carbons (Fsp3) is 0.455. The highest BCUT2D eigenvalue weighted by atomic mass is 19.1. The lowest BCUT2D eigenvalue weighted by molar-refractivity contribution is 0.217. The van der Waals surface area contributed by atoms with Gasteiger partial charge in [-0.1, -0.05) is 26.0 Å². The van der Waals surface area contributed by atoms with Gasteiger partial charge in [-0.15, -0.1) is 0 Å². The van der Waals surface area contributed by atoms with Crippen molar-refractivity contribution in [3.63, 3.8) is 0 Å². The number of nitriles is 1.